The van der Waals surface area contributed by atoms with Crippen molar-refractivity contribution in [1.29, 1.82) is 0 Å². The maximum absolute atomic E-state index is 13.6. The van der Waals surface area contributed by atoms with Gasteiger partial charge in [-0.3, -0.25) is 14.5 Å². The van der Waals surface area contributed by atoms with E-state index < -0.39 is 35.3 Å². The molecule has 2 amide bonds. The Bertz CT molecular complexity index is 1450. The molecule has 0 atom stereocenters. The van der Waals surface area contributed by atoms with Crippen molar-refractivity contribution in [2.24, 2.45) is 0 Å². The average Bonchev–Trinajstić information content (AvgIpc) is 3.53. The van der Waals surface area contributed by atoms with Crippen LogP contribution in [0.3, 0.4) is 0 Å². The molecule has 37 heavy (non-hydrogen) atoms. The van der Waals surface area contributed by atoms with Gasteiger partial charge in [0.15, 0.2) is 10.8 Å². The Kier molecular flexibility index (Phi) is 7.77. The molecule has 1 aromatic carbocycles. The zero-order chi connectivity index (χ0) is 26.9. The van der Waals surface area contributed by atoms with Gasteiger partial charge in [-0.1, -0.05) is 30.0 Å². The third-order valence-electron chi connectivity index (χ3n) is 4.90. The SMILES string of the molecule is O=C(CCN1C(=O)C(=Cc2cc(-c3ccc(F)c(C(F)(F)F)c3)cs2)SC1=S)Nc1nc(C(=O)O)cs1. The number of anilines is 1. The summed E-state index contributed by atoms with van der Waals surface area (Å²) in [6.07, 6.45) is -3.40. The number of hydrogen-bond donors (Lipinski definition) is 2. The second-order valence-corrected chi connectivity index (χ2v) is 10.9. The summed E-state index contributed by atoms with van der Waals surface area (Å²) in [5, 5.41) is 14.4. The number of halogens is 4. The summed E-state index contributed by atoms with van der Waals surface area (Å²) in [6.45, 7) is -0.0174. The molecule has 0 unspecified atom stereocenters. The Morgan fingerprint density at radius 1 is 1.16 bits per heavy atom. The number of thiazole rings is 1. The molecule has 0 aliphatic carbocycles. The lowest BCUT2D eigenvalue weighted by molar-refractivity contribution is -0.140. The van der Waals surface area contributed by atoms with Crippen LogP contribution < -0.4 is 5.32 Å². The number of benzene rings is 1. The summed E-state index contributed by atoms with van der Waals surface area (Å²) < 4.78 is 52.9. The lowest BCUT2D eigenvalue weighted by atomic mass is 10.0. The van der Waals surface area contributed by atoms with Crippen LogP contribution in [0, 0.1) is 5.82 Å². The molecule has 0 spiro atoms. The molecular formula is C22H13F4N3O4S4. The molecule has 1 fully saturated rings. The van der Waals surface area contributed by atoms with Gasteiger partial charge in [-0.15, -0.1) is 22.7 Å². The normalized spacial score (nSPS) is 15.0. The molecule has 1 aliphatic rings. The van der Waals surface area contributed by atoms with Gasteiger partial charge in [0.1, 0.15) is 10.1 Å². The number of thiocarbonyl (C=S) groups is 1. The summed E-state index contributed by atoms with van der Waals surface area (Å²) in [5.41, 5.74) is -0.944. The quantitative estimate of drug-likeness (QED) is 0.200. The second-order valence-electron chi connectivity index (χ2n) is 7.40. The zero-order valence-electron chi connectivity index (χ0n) is 18.2. The Morgan fingerprint density at radius 2 is 1.92 bits per heavy atom. The molecule has 2 aromatic heterocycles. The van der Waals surface area contributed by atoms with Crippen LogP contribution in [-0.4, -0.2) is 43.6 Å². The van der Waals surface area contributed by atoms with Gasteiger partial charge in [-0.25, -0.2) is 14.2 Å². The number of aromatic nitrogens is 1. The molecular weight excluding hydrogens is 575 g/mol. The number of carboxylic acids is 1. The van der Waals surface area contributed by atoms with Gasteiger partial charge in [0.05, 0.1) is 10.5 Å². The maximum Gasteiger partial charge on any atom is 0.419 e. The predicted molar refractivity (Wildman–Crippen MR) is 137 cm³/mol. The largest absolute Gasteiger partial charge is 0.476 e. The van der Waals surface area contributed by atoms with Crippen LogP contribution in [0.15, 0.2) is 39.9 Å². The minimum atomic E-state index is -4.83. The number of amides is 2. The van der Waals surface area contributed by atoms with Crippen molar-refractivity contribution < 1.29 is 37.1 Å². The Hall–Kier alpha value is -3.14. The molecule has 1 saturated heterocycles. The lowest BCUT2D eigenvalue weighted by Gasteiger charge is -2.13. The standard InChI is InChI=1S/C22H13F4N3O4S4/c23-14-2-1-10(6-13(14)22(24,25)26)11-5-12(35-8-11)7-16-18(31)29(21(34)37-16)4-3-17(30)28-20-27-15(9-36-20)19(32)33/h1-2,5-9H,3-4H2,(H,32,33)(H,27,28,30). The van der Waals surface area contributed by atoms with Gasteiger partial charge >= 0.3 is 12.1 Å². The first-order valence-electron chi connectivity index (χ1n) is 10.1. The van der Waals surface area contributed by atoms with Gasteiger partial charge in [0, 0.05) is 23.2 Å². The molecule has 0 saturated carbocycles. The van der Waals surface area contributed by atoms with Gasteiger partial charge in [-0.2, -0.15) is 13.2 Å². The zero-order valence-corrected chi connectivity index (χ0v) is 21.4. The van der Waals surface area contributed by atoms with E-state index in [0.29, 0.717) is 10.4 Å². The van der Waals surface area contributed by atoms with E-state index in [9.17, 15) is 31.9 Å². The molecule has 7 nitrogen and oxygen atoms in total. The smallest absolute Gasteiger partial charge is 0.419 e. The number of nitrogens with one attached hydrogen (secondary N) is 1. The number of nitrogens with zero attached hydrogens (tertiary/aromatic N) is 2. The second kappa shape index (κ2) is 10.7. The summed E-state index contributed by atoms with van der Waals surface area (Å²) in [6, 6.07) is 4.32. The van der Waals surface area contributed by atoms with E-state index in [1.165, 1.54) is 27.7 Å². The minimum Gasteiger partial charge on any atom is -0.476 e. The van der Waals surface area contributed by atoms with E-state index in [2.05, 4.69) is 10.3 Å². The molecule has 4 rings (SSSR count). The van der Waals surface area contributed by atoms with E-state index in [4.69, 9.17) is 17.3 Å². The highest BCUT2D eigenvalue weighted by Gasteiger charge is 2.35. The summed E-state index contributed by atoms with van der Waals surface area (Å²) in [4.78, 5) is 41.7. The molecule has 192 valence electrons. The van der Waals surface area contributed by atoms with Crippen LogP contribution in [0.5, 0.6) is 0 Å². The maximum atomic E-state index is 13.6. The fraction of sp³-hybridized carbons (Fsp3) is 0.136. The molecule has 2 N–H and O–H groups in total. The van der Waals surface area contributed by atoms with Gasteiger partial charge in [0.25, 0.3) is 5.91 Å². The van der Waals surface area contributed by atoms with Crippen molar-refractivity contribution in [3.8, 4) is 11.1 Å². The van der Waals surface area contributed by atoms with E-state index in [1.807, 2.05) is 0 Å². The highest BCUT2D eigenvalue weighted by atomic mass is 32.2. The number of carbonyl (C=O) groups is 3. The minimum absolute atomic E-state index is 0.0174. The number of thioether (sulfide) groups is 1. The molecule has 3 aromatic rings. The van der Waals surface area contributed by atoms with Gasteiger partial charge in [0.2, 0.25) is 5.91 Å². The third-order valence-corrected chi connectivity index (χ3v) is 7.92. The monoisotopic (exact) mass is 587 g/mol. The van der Waals surface area contributed by atoms with E-state index in [1.54, 1.807) is 17.5 Å². The highest BCUT2D eigenvalue weighted by Crippen LogP contribution is 2.37. The summed E-state index contributed by atoms with van der Waals surface area (Å²) >= 11 is 8.41. The van der Waals surface area contributed by atoms with Crippen molar-refractivity contribution >= 4 is 80.0 Å². The molecule has 3 heterocycles. The first kappa shape index (κ1) is 26.9. The molecule has 15 heteroatoms. The predicted octanol–water partition coefficient (Wildman–Crippen LogP) is 5.96. The Labute approximate surface area is 223 Å². The van der Waals surface area contributed by atoms with Crippen LogP contribution >= 0.6 is 46.7 Å². The summed E-state index contributed by atoms with van der Waals surface area (Å²) in [5.74, 6) is -3.49. The van der Waals surface area contributed by atoms with Crippen molar-refractivity contribution in [1.82, 2.24) is 9.88 Å². The Balaban J connectivity index is 1.41. The number of alkyl halides is 3. The molecule has 1 aliphatic heterocycles. The number of aromatic carboxylic acids is 1. The highest BCUT2D eigenvalue weighted by molar-refractivity contribution is 8.26. The number of thiophene rings is 1. The van der Waals surface area contributed by atoms with E-state index in [0.717, 1.165) is 35.2 Å². The number of rotatable bonds is 7. The Morgan fingerprint density at radius 3 is 2.59 bits per heavy atom. The van der Waals surface area contributed by atoms with Crippen LogP contribution in [0.2, 0.25) is 0 Å². The fourth-order valence-electron chi connectivity index (χ4n) is 3.15. The van der Waals surface area contributed by atoms with Gasteiger partial charge in [-0.05, 0) is 40.8 Å². The summed E-state index contributed by atoms with van der Waals surface area (Å²) in [7, 11) is 0. The molecule has 0 bridgehead atoms. The average molecular weight is 588 g/mol. The van der Waals surface area contributed by atoms with Crippen LogP contribution in [-0.2, 0) is 15.8 Å². The topological polar surface area (TPSA) is 99.6 Å². The first-order chi connectivity index (χ1) is 17.4. The van der Waals surface area contributed by atoms with Crippen molar-refractivity contribution in [3.63, 3.8) is 0 Å². The molecule has 0 radical (unpaired) electrons. The van der Waals surface area contributed by atoms with Crippen LogP contribution in [0.4, 0.5) is 22.7 Å². The third kappa shape index (κ3) is 6.23. The van der Waals surface area contributed by atoms with Gasteiger partial charge < -0.3 is 10.4 Å². The van der Waals surface area contributed by atoms with E-state index >= 15 is 0 Å². The van der Waals surface area contributed by atoms with Crippen molar-refractivity contribution in [2.75, 3.05) is 11.9 Å². The van der Waals surface area contributed by atoms with Crippen molar-refractivity contribution in [2.45, 2.75) is 12.6 Å². The number of carboxylic acid groups (broad SMARTS) is 1. The van der Waals surface area contributed by atoms with Crippen LogP contribution in [0.1, 0.15) is 27.3 Å². The number of carbonyl (C=O) groups excluding carboxylic acids is 2. The first-order valence-corrected chi connectivity index (χ1v) is 13.1. The lowest BCUT2D eigenvalue weighted by Crippen LogP contribution is -2.31. The van der Waals surface area contributed by atoms with E-state index in [-0.39, 0.29) is 38.6 Å². The fourth-order valence-corrected chi connectivity index (χ4v) is 6.07. The number of hydrogen-bond acceptors (Lipinski definition) is 8. The van der Waals surface area contributed by atoms with Crippen molar-refractivity contribution in [3.05, 3.63) is 61.9 Å². The van der Waals surface area contributed by atoms with Crippen LogP contribution in [0.25, 0.3) is 17.2 Å².